The highest BCUT2D eigenvalue weighted by Gasteiger charge is 2.22. The molecule has 89 heavy (non-hydrogen) atoms. The Bertz CT molecular complexity index is 2070. The van der Waals surface area contributed by atoms with Gasteiger partial charge in [0.1, 0.15) is 13.2 Å². The van der Waals surface area contributed by atoms with Crippen LogP contribution in [0.2, 0.25) is 0 Å². The molecule has 0 amide bonds. The largest absolute Gasteiger partial charge is 0.545 e. The summed E-state index contributed by atoms with van der Waals surface area (Å²) in [6, 6.07) is 0. The first kappa shape index (κ1) is 83.7. The Kier molecular flexibility index (Phi) is 64.4. The molecule has 0 aliphatic carbocycles. The summed E-state index contributed by atoms with van der Waals surface area (Å²) >= 11 is 0. The second kappa shape index (κ2) is 68.6. The molecular weight excluding hydrogens is 1100 g/mol. The number of quaternary nitrogens is 1. The molecule has 0 aromatic heterocycles. The summed E-state index contributed by atoms with van der Waals surface area (Å²) in [4.78, 5) is 37.5. The number of aliphatic carboxylic acids is 1. The number of carboxylic acids is 1. The first-order valence-electron chi connectivity index (χ1n) is 35.3. The lowest BCUT2D eigenvalue weighted by molar-refractivity contribution is -0.870. The number of carbonyl (C=O) groups excluding carboxylic acids is 3. The Labute approximate surface area is 546 Å². The average Bonchev–Trinajstić information content (AvgIpc) is 3.64. The van der Waals surface area contributed by atoms with E-state index in [0.29, 0.717) is 17.4 Å². The summed E-state index contributed by atoms with van der Waals surface area (Å²) in [5.74, 6) is -2.31. The van der Waals surface area contributed by atoms with Crippen LogP contribution in [0.5, 0.6) is 0 Å². The van der Waals surface area contributed by atoms with Crippen LogP contribution >= 0.6 is 0 Å². The summed E-state index contributed by atoms with van der Waals surface area (Å²) < 4.78 is 22.8. The van der Waals surface area contributed by atoms with Gasteiger partial charge in [0.15, 0.2) is 12.4 Å². The van der Waals surface area contributed by atoms with Gasteiger partial charge in [-0.2, -0.15) is 0 Å². The van der Waals surface area contributed by atoms with Gasteiger partial charge in [-0.05, 0) is 128 Å². The predicted octanol–water partition coefficient (Wildman–Crippen LogP) is 20.9. The Morgan fingerprint density at radius 3 is 0.899 bits per heavy atom. The molecular formula is C80H129NO8. The van der Waals surface area contributed by atoms with Crippen molar-refractivity contribution in [2.45, 2.75) is 270 Å². The molecule has 2 unspecified atom stereocenters. The minimum absolute atomic E-state index is 0.138. The Balaban J connectivity index is 4.14. The molecule has 0 aliphatic rings. The van der Waals surface area contributed by atoms with E-state index in [0.717, 1.165) is 141 Å². The molecule has 0 spiro atoms. The van der Waals surface area contributed by atoms with Crippen LogP contribution in [0.1, 0.15) is 258 Å². The second-order valence-electron chi connectivity index (χ2n) is 24.1. The smallest absolute Gasteiger partial charge is 0.306 e. The standard InChI is InChI=1S/C80H129NO8/c1-6-8-10-12-14-16-18-20-22-24-26-28-30-31-32-33-34-35-36-37-38-39-40-41-42-43-44-45-46-47-49-51-53-55-57-59-61-63-65-67-69-71-78(83)89-76(75-88-80(79(84)85)86-73-72-81(3,4)5)74-87-77(82)70-68-66-64-62-60-58-56-54-52-50-48-29-27-25-23-21-19-17-15-13-11-9-7-2/h8-11,14-17,20-23,26-29,31-32,34-35,37-38,40-41,43-44,50,52,76,80H,6-7,12-13,18-19,24-25,30,33,36,39,42,45-49,51,53-75H2,1-5H3/b10-8-,11-9-,16-14-,17-15-,22-20-,23-21-,28-26-,29-27-,32-31-,35-34-,38-37-,41-40-,44-43-,52-50-. The minimum atomic E-state index is -1.63. The average molecular weight is 1230 g/mol. The van der Waals surface area contributed by atoms with E-state index in [-0.39, 0.29) is 38.6 Å². The van der Waals surface area contributed by atoms with Gasteiger partial charge in [-0.15, -0.1) is 0 Å². The van der Waals surface area contributed by atoms with Crippen molar-refractivity contribution in [1.82, 2.24) is 0 Å². The van der Waals surface area contributed by atoms with Gasteiger partial charge in [0.05, 0.1) is 40.3 Å². The van der Waals surface area contributed by atoms with Crippen molar-refractivity contribution in [3.05, 3.63) is 170 Å². The zero-order valence-electron chi connectivity index (χ0n) is 57.2. The molecule has 0 aromatic carbocycles. The van der Waals surface area contributed by atoms with Crippen LogP contribution in [0.4, 0.5) is 0 Å². The van der Waals surface area contributed by atoms with E-state index in [1.165, 1.54) is 83.5 Å². The highest BCUT2D eigenvalue weighted by atomic mass is 16.7. The highest BCUT2D eigenvalue weighted by molar-refractivity contribution is 5.70. The van der Waals surface area contributed by atoms with Gasteiger partial charge < -0.3 is 33.3 Å². The molecule has 0 saturated carbocycles. The maximum atomic E-state index is 12.9. The van der Waals surface area contributed by atoms with Crippen LogP contribution in [-0.2, 0) is 33.3 Å². The van der Waals surface area contributed by atoms with Crippen molar-refractivity contribution in [2.75, 3.05) is 47.5 Å². The molecule has 0 rings (SSSR count). The van der Waals surface area contributed by atoms with Gasteiger partial charge in [0, 0.05) is 12.8 Å². The van der Waals surface area contributed by atoms with Gasteiger partial charge >= 0.3 is 11.9 Å². The molecule has 0 radical (unpaired) electrons. The summed E-state index contributed by atoms with van der Waals surface area (Å²) in [6.45, 7) is 4.50. The molecule has 0 aliphatic heterocycles. The molecule has 2 atom stereocenters. The fraction of sp³-hybridized carbons (Fsp3) is 0.613. The number of nitrogens with zero attached hydrogens (tertiary/aromatic N) is 1. The zero-order valence-corrected chi connectivity index (χ0v) is 57.2. The summed E-state index contributed by atoms with van der Waals surface area (Å²) in [6.07, 6.45) is 100.0. The van der Waals surface area contributed by atoms with E-state index in [4.69, 9.17) is 18.9 Å². The fourth-order valence-electron chi connectivity index (χ4n) is 9.14. The van der Waals surface area contributed by atoms with Crippen LogP contribution in [0, 0.1) is 0 Å². The monoisotopic (exact) mass is 1230 g/mol. The third-order valence-corrected chi connectivity index (χ3v) is 14.5. The van der Waals surface area contributed by atoms with Crippen molar-refractivity contribution >= 4 is 17.9 Å². The molecule has 502 valence electrons. The first-order chi connectivity index (χ1) is 43.6. The van der Waals surface area contributed by atoms with Gasteiger partial charge in [-0.25, -0.2) is 0 Å². The number of rotatable bonds is 63. The van der Waals surface area contributed by atoms with Gasteiger partial charge in [-0.1, -0.05) is 287 Å². The number of allylic oxidation sites excluding steroid dienone is 28. The van der Waals surface area contributed by atoms with Crippen LogP contribution in [0.25, 0.3) is 0 Å². The molecule has 0 heterocycles. The van der Waals surface area contributed by atoms with Crippen LogP contribution in [-0.4, -0.2) is 82.3 Å². The van der Waals surface area contributed by atoms with E-state index in [9.17, 15) is 19.5 Å². The maximum absolute atomic E-state index is 12.9. The predicted molar refractivity (Wildman–Crippen MR) is 379 cm³/mol. The number of carboxylic acid groups (broad SMARTS) is 1. The SMILES string of the molecule is CC/C=C\C/C=C\C/C=C\C/C=C\C/C=C\C/C=C\C/C=C\C/C=C\C/C=C\CCCCCCCCCCCCCCCC(=O)OC(COC(=O)CCCCCCCCC/C=C\C/C=C\C/C=C\C/C=C\C/C=C\CC)COC(OCC[N+](C)(C)C)C(=O)[O-]. The van der Waals surface area contributed by atoms with Gasteiger partial charge in [-0.3, -0.25) is 9.59 Å². The van der Waals surface area contributed by atoms with Crippen LogP contribution in [0.15, 0.2) is 170 Å². The van der Waals surface area contributed by atoms with E-state index in [2.05, 4.69) is 184 Å². The number of esters is 2. The quantitative estimate of drug-likeness (QED) is 0.0195. The molecule has 0 saturated heterocycles. The van der Waals surface area contributed by atoms with E-state index in [1.807, 2.05) is 21.1 Å². The zero-order chi connectivity index (χ0) is 64.7. The highest BCUT2D eigenvalue weighted by Crippen LogP contribution is 2.16. The number of carbonyl (C=O) groups is 3. The van der Waals surface area contributed by atoms with Gasteiger partial charge in [0.25, 0.3) is 0 Å². The Morgan fingerprint density at radius 2 is 0.607 bits per heavy atom. The fourth-order valence-corrected chi connectivity index (χ4v) is 9.14. The molecule has 0 aromatic rings. The molecule has 0 bridgehead atoms. The summed E-state index contributed by atoms with van der Waals surface area (Å²) in [5, 5.41) is 11.8. The number of likely N-dealkylation sites (N-methyl/N-ethyl adjacent to an activating group) is 1. The van der Waals surface area contributed by atoms with Crippen molar-refractivity contribution in [3.8, 4) is 0 Å². The van der Waals surface area contributed by atoms with E-state index in [1.54, 1.807) is 0 Å². The van der Waals surface area contributed by atoms with Crippen molar-refractivity contribution in [1.29, 1.82) is 0 Å². The lowest BCUT2D eigenvalue weighted by Gasteiger charge is -2.26. The number of ether oxygens (including phenoxy) is 4. The Morgan fingerprint density at radius 1 is 0.337 bits per heavy atom. The number of hydrogen-bond donors (Lipinski definition) is 0. The Hall–Kier alpha value is -5.35. The van der Waals surface area contributed by atoms with Crippen molar-refractivity contribution < 1.29 is 42.9 Å². The third kappa shape index (κ3) is 70.0. The topological polar surface area (TPSA) is 111 Å². The summed E-state index contributed by atoms with van der Waals surface area (Å²) in [7, 11) is 5.92. The number of hydrogen-bond acceptors (Lipinski definition) is 8. The molecule has 9 heteroatoms. The summed E-state index contributed by atoms with van der Waals surface area (Å²) in [5.41, 5.74) is 0. The molecule has 0 fully saturated rings. The van der Waals surface area contributed by atoms with Crippen molar-refractivity contribution in [2.24, 2.45) is 0 Å². The minimum Gasteiger partial charge on any atom is -0.545 e. The lowest BCUT2D eigenvalue weighted by atomic mass is 10.0. The maximum Gasteiger partial charge on any atom is 0.306 e. The lowest BCUT2D eigenvalue weighted by Crippen LogP contribution is -2.44. The number of unbranched alkanes of at least 4 members (excludes halogenated alkanes) is 20. The first-order valence-corrected chi connectivity index (χ1v) is 35.3. The van der Waals surface area contributed by atoms with E-state index < -0.39 is 24.3 Å². The molecule has 0 N–H and O–H groups in total. The third-order valence-electron chi connectivity index (χ3n) is 14.5. The van der Waals surface area contributed by atoms with Crippen LogP contribution < -0.4 is 5.11 Å². The van der Waals surface area contributed by atoms with Gasteiger partial charge in [0.2, 0.25) is 0 Å². The van der Waals surface area contributed by atoms with E-state index >= 15 is 0 Å². The van der Waals surface area contributed by atoms with Crippen LogP contribution in [0.3, 0.4) is 0 Å². The second-order valence-corrected chi connectivity index (χ2v) is 24.1. The molecule has 9 nitrogen and oxygen atoms in total. The normalized spacial score (nSPS) is 13.8. The van der Waals surface area contributed by atoms with Crippen molar-refractivity contribution in [3.63, 3.8) is 0 Å².